The van der Waals surface area contributed by atoms with Crippen molar-refractivity contribution in [1.82, 2.24) is 10.3 Å². The Morgan fingerprint density at radius 3 is 2.50 bits per heavy atom. The Kier molecular flexibility index (Phi) is 8.78. The van der Waals surface area contributed by atoms with Crippen LogP contribution in [0.5, 0.6) is 0 Å². The van der Waals surface area contributed by atoms with Gasteiger partial charge in [-0.25, -0.2) is 0 Å². The molecule has 2 heterocycles. The van der Waals surface area contributed by atoms with Crippen LogP contribution in [0.2, 0.25) is 5.02 Å². The number of hydrogen-bond acceptors (Lipinski definition) is 3. The van der Waals surface area contributed by atoms with Gasteiger partial charge in [-0.15, -0.1) is 0 Å². The third-order valence-corrected chi connectivity index (χ3v) is 5.32. The second-order valence-corrected chi connectivity index (χ2v) is 7.61. The van der Waals surface area contributed by atoms with Crippen LogP contribution in [0.1, 0.15) is 62.0 Å². The molecule has 1 aliphatic rings. The lowest BCUT2D eigenvalue weighted by atomic mass is 9.97. The van der Waals surface area contributed by atoms with Gasteiger partial charge in [-0.3, -0.25) is 9.78 Å². The molecule has 5 heteroatoms. The number of aromatic nitrogens is 1. The van der Waals surface area contributed by atoms with Crippen molar-refractivity contribution in [2.45, 2.75) is 52.4 Å². The first kappa shape index (κ1) is 22.2. The second-order valence-electron chi connectivity index (χ2n) is 7.20. The third kappa shape index (κ3) is 5.71. The zero-order chi connectivity index (χ0) is 20.5. The molecule has 152 valence electrons. The molecule has 1 amide bonds. The fraction of sp³-hybridized carbons (Fsp3) is 0.478. The molecule has 0 unspecified atom stereocenters. The molecule has 0 radical (unpaired) electrons. The van der Waals surface area contributed by atoms with Crippen LogP contribution < -0.4 is 10.2 Å². The van der Waals surface area contributed by atoms with Crippen molar-refractivity contribution >= 4 is 23.2 Å². The number of carbonyl (C=O) groups is 1. The number of nitrogens with one attached hydrogen (secondary N) is 1. The van der Waals surface area contributed by atoms with E-state index in [4.69, 9.17) is 11.6 Å². The van der Waals surface area contributed by atoms with Crippen LogP contribution in [0.4, 0.5) is 5.69 Å². The highest BCUT2D eigenvalue weighted by atomic mass is 35.5. The van der Waals surface area contributed by atoms with Gasteiger partial charge < -0.3 is 10.2 Å². The summed E-state index contributed by atoms with van der Waals surface area (Å²) in [4.78, 5) is 18.0. The van der Waals surface area contributed by atoms with Crippen LogP contribution in [-0.2, 0) is 6.42 Å². The first-order valence-corrected chi connectivity index (χ1v) is 10.6. The highest BCUT2D eigenvalue weighted by Crippen LogP contribution is 2.36. The maximum atomic E-state index is 11.6. The largest absolute Gasteiger partial charge is 0.374 e. The van der Waals surface area contributed by atoms with Crippen molar-refractivity contribution in [3.63, 3.8) is 0 Å². The molecule has 0 saturated heterocycles. The molecule has 1 aliphatic heterocycles. The van der Waals surface area contributed by atoms with Gasteiger partial charge in [0.15, 0.2) is 0 Å². The molecular formula is C23H32ClN3O. The Bertz CT molecular complexity index is 770. The number of nitrogens with zero attached hydrogens (tertiary/aromatic N) is 2. The Labute approximate surface area is 174 Å². The van der Waals surface area contributed by atoms with Crippen LogP contribution in [0.15, 0.2) is 30.5 Å². The van der Waals surface area contributed by atoms with Crippen LogP contribution in [0.3, 0.4) is 0 Å². The summed E-state index contributed by atoms with van der Waals surface area (Å²) in [5.74, 6) is -0.190. The first-order chi connectivity index (χ1) is 13.5. The monoisotopic (exact) mass is 401 g/mol. The van der Waals surface area contributed by atoms with Crippen LogP contribution in [0, 0.1) is 0 Å². The molecule has 0 fully saturated rings. The number of pyridine rings is 1. The lowest BCUT2D eigenvalue weighted by Gasteiger charge is -2.28. The fourth-order valence-corrected chi connectivity index (χ4v) is 3.59. The van der Waals surface area contributed by atoms with Gasteiger partial charge in [-0.2, -0.15) is 0 Å². The number of aryl methyl sites for hydroxylation is 1. The lowest BCUT2D eigenvalue weighted by molar-refractivity contribution is 0.0958. The van der Waals surface area contributed by atoms with Gasteiger partial charge in [0, 0.05) is 43.7 Å². The highest BCUT2D eigenvalue weighted by Gasteiger charge is 2.17. The van der Waals surface area contributed by atoms with E-state index in [2.05, 4.69) is 42.2 Å². The maximum absolute atomic E-state index is 11.6. The number of anilines is 1. The zero-order valence-electron chi connectivity index (χ0n) is 17.5. The van der Waals surface area contributed by atoms with E-state index in [1.54, 1.807) is 19.3 Å². The van der Waals surface area contributed by atoms with Crippen LogP contribution in [0.25, 0.3) is 11.1 Å². The number of rotatable bonds is 5. The topological polar surface area (TPSA) is 45.2 Å². The number of halogens is 1. The molecule has 1 aromatic heterocycles. The number of carbonyl (C=O) groups excluding carboxylic acids is 1. The van der Waals surface area contributed by atoms with E-state index < -0.39 is 0 Å². The molecular weight excluding hydrogens is 370 g/mol. The Morgan fingerprint density at radius 1 is 1.21 bits per heavy atom. The van der Waals surface area contributed by atoms with E-state index >= 15 is 0 Å². The summed E-state index contributed by atoms with van der Waals surface area (Å²) in [5.41, 5.74) is 4.80. The van der Waals surface area contributed by atoms with Gasteiger partial charge in [0.25, 0.3) is 5.91 Å². The summed E-state index contributed by atoms with van der Waals surface area (Å²) in [5, 5.41) is 3.27. The van der Waals surface area contributed by atoms with E-state index in [0.29, 0.717) is 10.7 Å². The minimum atomic E-state index is -0.190. The van der Waals surface area contributed by atoms with Crippen molar-refractivity contribution in [3.8, 4) is 11.1 Å². The Morgan fingerprint density at radius 2 is 1.93 bits per heavy atom. The van der Waals surface area contributed by atoms with E-state index in [1.807, 2.05) is 12.1 Å². The molecule has 1 aromatic carbocycles. The van der Waals surface area contributed by atoms with Gasteiger partial charge in [0.05, 0.1) is 5.02 Å². The average molecular weight is 402 g/mol. The van der Waals surface area contributed by atoms with Crippen molar-refractivity contribution < 1.29 is 4.79 Å². The van der Waals surface area contributed by atoms with Gasteiger partial charge in [0.2, 0.25) is 0 Å². The van der Waals surface area contributed by atoms with Crippen molar-refractivity contribution in [1.29, 1.82) is 0 Å². The van der Waals surface area contributed by atoms with Crippen molar-refractivity contribution in [3.05, 3.63) is 46.7 Å². The standard InChI is InChI=1S/C17H18ClN3O.C6H14/c1-19-17(22)15-6-5-12(10-20-15)13-8-11-4-3-7-21(2)16(11)9-14(13)18;1-3-5-6-4-2/h5-6,8-10H,3-4,7H2,1-2H3,(H,19,22);3-6H2,1-2H3. The predicted octanol–water partition coefficient (Wildman–Crippen LogP) is 5.73. The molecule has 0 bridgehead atoms. The average Bonchev–Trinajstić information content (AvgIpc) is 2.72. The number of benzene rings is 1. The number of unbranched alkanes of at least 4 members (excludes halogenated alkanes) is 3. The molecule has 0 aliphatic carbocycles. The van der Waals surface area contributed by atoms with Gasteiger partial charge >= 0.3 is 0 Å². The van der Waals surface area contributed by atoms with E-state index in [0.717, 1.165) is 30.5 Å². The molecule has 1 N–H and O–H groups in total. The molecule has 0 atom stereocenters. The lowest BCUT2D eigenvalue weighted by Crippen LogP contribution is -2.24. The molecule has 2 aromatic rings. The zero-order valence-corrected chi connectivity index (χ0v) is 18.3. The van der Waals surface area contributed by atoms with Crippen LogP contribution in [-0.4, -0.2) is 31.5 Å². The highest BCUT2D eigenvalue weighted by molar-refractivity contribution is 6.33. The van der Waals surface area contributed by atoms with E-state index in [1.165, 1.54) is 36.9 Å². The summed E-state index contributed by atoms with van der Waals surface area (Å²) < 4.78 is 0. The Balaban J connectivity index is 0.000000409. The molecule has 28 heavy (non-hydrogen) atoms. The summed E-state index contributed by atoms with van der Waals surface area (Å²) in [6.45, 7) is 5.52. The number of amides is 1. The molecule has 0 saturated carbocycles. The summed E-state index contributed by atoms with van der Waals surface area (Å²) in [6.07, 6.45) is 9.45. The normalized spacial score (nSPS) is 12.7. The van der Waals surface area contributed by atoms with Crippen LogP contribution >= 0.6 is 11.6 Å². The fourth-order valence-electron chi connectivity index (χ4n) is 3.33. The predicted molar refractivity (Wildman–Crippen MR) is 119 cm³/mol. The smallest absolute Gasteiger partial charge is 0.269 e. The third-order valence-electron chi connectivity index (χ3n) is 5.01. The number of hydrogen-bond donors (Lipinski definition) is 1. The molecule has 0 spiro atoms. The van der Waals surface area contributed by atoms with Gasteiger partial charge in [-0.1, -0.05) is 57.2 Å². The minimum absolute atomic E-state index is 0.190. The molecule has 4 nitrogen and oxygen atoms in total. The first-order valence-electron chi connectivity index (χ1n) is 10.2. The summed E-state index contributed by atoms with van der Waals surface area (Å²) >= 11 is 6.46. The minimum Gasteiger partial charge on any atom is -0.374 e. The summed E-state index contributed by atoms with van der Waals surface area (Å²) in [7, 11) is 3.68. The van der Waals surface area contributed by atoms with E-state index in [9.17, 15) is 4.79 Å². The quantitative estimate of drug-likeness (QED) is 0.650. The van der Waals surface area contributed by atoms with Crippen molar-refractivity contribution in [2.24, 2.45) is 0 Å². The Hall–Kier alpha value is -2.07. The maximum Gasteiger partial charge on any atom is 0.269 e. The van der Waals surface area contributed by atoms with Crippen molar-refractivity contribution in [2.75, 3.05) is 25.5 Å². The molecule has 3 rings (SSSR count). The summed E-state index contributed by atoms with van der Waals surface area (Å²) in [6, 6.07) is 7.77. The van der Waals surface area contributed by atoms with Gasteiger partial charge in [-0.05, 0) is 36.6 Å². The number of fused-ring (bicyclic) bond motifs is 1. The SMILES string of the molecule is CCCCCC.CNC(=O)c1ccc(-c2cc3c(cc2Cl)N(C)CCC3)cn1. The van der Waals surface area contributed by atoms with E-state index in [-0.39, 0.29) is 5.91 Å². The second kappa shape index (κ2) is 11.1. The van der Waals surface area contributed by atoms with Gasteiger partial charge in [0.1, 0.15) is 5.69 Å².